The summed E-state index contributed by atoms with van der Waals surface area (Å²) in [5, 5.41) is 0. The van der Waals surface area contributed by atoms with Gasteiger partial charge < -0.3 is 14.7 Å². The van der Waals surface area contributed by atoms with Gasteiger partial charge in [-0.1, -0.05) is 36.5 Å². The molecule has 3 aliphatic heterocycles. The molecule has 53 heavy (non-hydrogen) atoms. The van der Waals surface area contributed by atoms with Gasteiger partial charge in [-0.15, -0.1) is 0 Å². The molecule has 3 saturated carbocycles. The molecule has 3 N–H and O–H groups in total. The lowest BCUT2D eigenvalue weighted by Crippen LogP contribution is -2.34. The first kappa shape index (κ1) is 36.8. The fourth-order valence-electron chi connectivity index (χ4n) is 10.4. The number of phosphoric ester groups is 2. The monoisotopic (exact) mass is 777 g/mol. The van der Waals surface area contributed by atoms with Crippen molar-refractivity contribution in [2.45, 2.75) is 32.1 Å². The van der Waals surface area contributed by atoms with Crippen molar-refractivity contribution in [3.63, 3.8) is 0 Å². The number of nitrogens with zero attached hydrogens (tertiary/aromatic N) is 3. The highest BCUT2D eigenvalue weighted by Gasteiger charge is 2.61. The molecular formula is C34H41N3O14P2. The SMILES string of the molecule is O=C1C2C3C=CC(C3)C2C(=O)N1CCCOP(=O)(O)OCCCN1C(=O)C2C3C=CC(C3)C2C1=O.O=C1C2C3C=CC(C3)C2C(=O)N1COP(=O)(O)O. The van der Waals surface area contributed by atoms with Gasteiger partial charge in [-0.2, -0.15) is 0 Å². The number of amides is 6. The van der Waals surface area contributed by atoms with Crippen molar-refractivity contribution in [3.8, 4) is 0 Å². The van der Waals surface area contributed by atoms with Gasteiger partial charge in [0.15, 0.2) is 0 Å². The molecule has 17 nitrogen and oxygen atoms in total. The predicted molar refractivity (Wildman–Crippen MR) is 177 cm³/mol. The number of allylic oxidation sites excluding steroid dienone is 6. The normalized spacial score (nSPS) is 39.2. The molecule has 6 fully saturated rings. The van der Waals surface area contributed by atoms with Crippen molar-refractivity contribution in [2.24, 2.45) is 71.0 Å². The predicted octanol–water partition coefficient (Wildman–Crippen LogP) is 1.37. The Morgan fingerprint density at radius 3 is 1.06 bits per heavy atom. The van der Waals surface area contributed by atoms with E-state index in [1.54, 1.807) is 0 Å². The van der Waals surface area contributed by atoms with Crippen molar-refractivity contribution >= 4 is 51.1 Å². The number of carbonyl (C=O) groups is 6. The second-order valence-electron chi connectivity index (χ2n) is 15.4. The molecule has 3 heterocycles. The van der Waals surface area contributed by atoms with Crippen LogP contribution in [0, 0.1) is 71.0 Å². The van der Waals surface area contributed by atoms with E-state index in [1.165, 1.54) is 9.80 Å². The van der Waals surface area contributed by atoms with Crippen molar-refractivity contribution in [1.29, 1.82) is 0 Å². The van der Waals surface area contributed by atoms with E-state index in [9.17, 15) is 42.8 Å². The fourth-order valence-corrected chi connectivity index (χ4v) is 11.5. The minimum absolute atomic E-state index is 0.0801. The van der Waals surface area contributed by atoms with E-state index >= 15 is 0 Å². The van der Waals surface area contributed by atoms with Crippen LogP contribution >= 0.6 is 15.6 Å². The van der Waals surface area contributed by atoms with E-state index in [4.69, 9.17) is 18.8 Å². The molecule has 3 saturated heterocycles. The first-order valence-electron chi connectivity index (χ1n) is 18.1. The van der Waals surface area contributed by atoms with Crippen LogP contribution in [0.4, 0.5) is 0 Å². The molecule has 0 aromatic carbocycles. The minimum atomic E-state index is -4.68. The second kappa shape index (κ2) is 13.6. The van der Waals surface area contributed by atoms with Crippen molar-refractivity contribution < 1.29 is 66.1 Å². The van der Waals surface area contributed by atoms with Gasteiger partial charge in [0.1, 0.15) is 6.73 Å². The molecule has 0 radical (unpaired) electrons. The van der Waals surface area contributed by atoms with Gasteiger partial charge in [0.25, 0.3) is 0 Å². The van der Waals surface area contributed by atoms with Crippen LogP contribution in [-0.2, 0) is 51.5 Å². The van der Waals surface area contributed by atoms with Crippen LogP contribution < -0.4 is 0 Å². The molecule has 12 unspecified atom stereocenters. The lowest BCUT2D eigenvalue weighted by Gasteiger charge is -2.18. The maximum Gasteiger partial charge on any atom is 0.472 e. The Labute approximate surface area is 304 Å². The molecule has 12 atom stereocenters. The third-order valence-electron chi connectivity index (χ3n) is 12.6. The van der Waals surface area contributed by atoms with Gasteiger partial charge in [-0.25, -0.2) is 9.13 Å². The summed E-state index contributed by atoms with van der Waals surface area (Å²) in [5.74, 6) is -2.40. The number of hydrogen-bond donors (Lipinski definition) is 3. The van der Waals surface area contributed by atoms with Crippen LogP contribution in [0.15, 0.2) is 36.5 Å². The zero-order chi connectivity index (χ0) is 37.6. The Kier molecular flexibility index (Phi) is 9.42. The molecule has 6 aliphatic carbocycles. The largest absolute Gasteiger partial charge is 0.472 e. The third kappa shape index (κ3) is 6.36. The van der Waals surface area contributed by atoms with Gasteiger partial charge in [0.2, 0.25) is 35.4 Å². The summed E-state index contributed by atoms with van der Waals surface area (Å²) in [6, 6.07) is 0. The Hall–Kier alpha value is -3.14. The zero-order valence-electron chi connectivity index (χ0n) is 28.5. The Morgan fingerprint density at radius 1 is 0.491 bits per heavy atom. The molecule has 9 rings (SSSR count). The van der Waals surface area contributed by atoms with E-state index in [2.05, 4.69) is 4.52 Å². The number of imide groups is 3. The molecule has 0 aromatic rings. The zero-order valence-corrected chi connectivity index (χ0v) is 30.3. The molecular weight excluding hydrogens is 736 g/mol. The van der Waals surface area contributed by atoms with E-state index < -0.39 is 22.4 Å². The van der Waals surface area contributed by atoms with Crippen LogP contribution in [0.5, 0.6) is 0 Å². The summed E-state index contributed by atoms with van der Waals surface area (Å²) < 4.78 is 37.0. The number of carbonyl (C=O) groups excluding carboxylic acids is 6. The van der Waals surface area contributed by atoms with Crippen molar-refractivity contribution in [2.75, 3.05) is 33.0 Å². The summed E-state index contributed by atoms with van der Waals surface area (Å²) in [6.07, 6.45) is 15.0. The maximum absolute atomic E-state index is 12.7. The molecule has 286 valence electrons. The topological polar surface area (TPSA) is 235 Å². The van der Waals surface area contributed by atoms with E-state index in [0.717, 1.165) is 24.2 Å². The Bertz CT molecular complexity index is 1660. The van der Waals surface area contributed by atoms with Gasteiger partial charge in [-0.3, -0.25) is 57.0 Å². The van der Waals surface area contributed by atoms with Gasteiger partial charge in [-0.05, 0) is 67.6 Å². The summed E-state index contributed by atoms with van der Waals surface area (Å²) in [6.45, 7) is -0.680. The summed E-state index contributed by atoms with van der Waals surface area (Å²) in [7, 11) is -9.01. The van der Waals surface area contributed by atoms with Crippen LogP contribution in [0.2, 0.25) is 0 Å². The molecule has 9 aliphatic rings. The molecule has 6 bridgehead atoms. The van der Waals surface area contributed by atoms with Crippen molar-refractivity contribution in [1.82, 2.24) is 14.7 Å². The Morgan fingerprint density at radius 2 is 0.774 bits per heavy atom. The van der Waals surface area contributed by atoms with Crippen LogP contribution in [0.3, 0.4) is 0 Å². The van der Waals surface area contributed by atoms with Gasteiger partial charge in [0, 0.05) is 13.1 Å². The highest BCUT2D eigenvalue weighted by atomic mass is 31.2. The van der Waals surface area contributed by atoms with Gasteiger partial charge in [0.05, 0.1) is 48.7 Å². The minimum Gasteiger partial charge on any atom is -0.303 e. The highest BCUT2D eigenvalue weighted by Crippen LogP contribution is 2.55. The summed E-state index contributed by atoms with van der Waals surface area (Å²) in [5.41, 5.74) is 0. The molecule has 19 heteroatoms. The second-order valence-corrected chi connectivity index (χ2v) is 18.0. The quantitative estimate of drug-likeness (QED) is 0.104. The average molecular weight is 778 g/mol. The van der Waals surface area contributed by atoms with Crippen molar-refractivity contribution in [3.05, 3.63) is 36.5 Å². The first-order valence-corrected chi connectivity index (χ1v) is 21.1. The van der Waals surface area contributed by atoms with Crippen LogP contribution in [-0.4, -0.2) is 97.9 Å². The maximum atomic E-state index is 12.7. The number of phosphoric acid groups is 2. The number of rotatable bonds is 13. The van der Waals surface area contributed by atoms with Gasteiger partial charge >= 0.3 is 15.6 Å². The highest BCUT2D eigenvalue weighted by molar-refractivity contribution is 7.47. The van der Waals surface area contributed by atoms with Crippen LogP contribution in [0.25, 0.3) is 0 Å². The summed E-state index contributed by atoms with van der Waals surface area (Å²) >= 11 is 0. The smallest absolute Gasteiger partial charge is 0.303 e. The van der Waals surface area contributed by atoms with E-state index in [1.807, 2.05) is 36.5 Å². The van der Waals surface area contributed by atoms with E-state index in [0.29, 0.717) is 0 Å². The number of likely N-dealkylation sites (tertiary alicyclic amines) is 3. The number of fused-ring (bicyclic) bond motifs is 15. The average Bonchev–Trinajstić information content (AvgIpc) is 3.97. The molecule has 0 spiro atoms. The number of hydrogen-bond acceptors (Lipinski definition) is 11. The first-order chi connectivity index (χ1) is 25.1. The lowest BCUT2D eigenvalue weighted by molar-refractivity contribution is -0.145. The van der Waals surface area contributed by atoms with Crippen LogP contribution in [0.1, 0.15) is 32.1 Å². The molecule has 0 aromatic heterocycles. The standard InChI is InChI=1S/C24H29N2O8P.C10H12NO6P/c27-21-17-13-3-4-14(11-13)18(17)22(28)25(21)7-1-9-33-35(31,32)34-10-2-8-26-23(29)19-15-5-6-16(12-15)20(19)24(26)30;12-9-7-5-1-2-6(3-5)8(7)10(13)11(9)4-17-18(14,15)16/h3-6,13-20H,1-2,7-12H2,(H,31,32);1-2,5-8H,3-4H2,(H2,14,15,16). The lowest BCUT2D eigenvalue weighted by atomic mass is 9.85. The van der Waals surface area contributed by atoms with E-state index in [-0.39, 0.29) is 146 Å². The summed E-state index contributed by atoms with van der Waals surface area (Å²) in [4.78, 5) is 105. The third-order valence-corrected chi connectivity index (χ3v) is 14.1. The fraction of sp³-hybridized carbons (Fsp3) is 0.647. The molecule has 6 amide bonds. The Balaban J connectivity index is 0.000000186.